The monoisotopic (exact) mass is 438 g/mol. The van der Waals surface area contributed by atoms with Crippen molar-refractivity contribution in [3.8, 4) is 5.75 Å². The van der Waals surface area contributed by atoms with Crippen molar-refractivity contribution < 1.29 is 19.0 Å². The number of nitrogens with one attached hydrogen (secondary N) is 1. The molecule has 4 N–H and O–H groups in total. The Morgan fingerprint density at radius 3 is 2.75 bits per heavy atom. The van der Waals surface area contributed by atoms with Crippen LogP contribution in [0.1, 0.15) is 10.5 Å². The van der Waals surface area contributed by atoms with E-state index in [1.807, 2.05) is 0 Å². The first kappa shape index (κ1) is 22.6. The van der Waals surface area contributed by atoms with Crippen molar-refractivity contribution in [1.82, 2.24) is 9.88 Å². The lowest BCUT2D eigenvalue weighted by molar-refractivity contribution is 0.0537. The molecule has 2 aromatic rings. The summed E-state index contributed by atoms with van der Waals surface area (Å²) in [5.41, 5.74) is 7.26. The van der Waals surface area contributed by atoms with Crippen molar-refractivity contribution >= 4 is 29.3 Å². The first-order chi connectivity index (χ1) is 15.4. The molecule has 0 radical (unpaired) electrons. The largest absolute Gasteiger partial charge is 0.508 e. The average Bonchev–Trinajstić information content (AvgIpc) is 2.81. The number of ketones is 1. The van der Waals surface area contributed by atoms with Crippen molar-refractivity contribution in [3.05, 3.63) is 72.6 Å². The van der Waals surface area contributed by atoms with Gasteiger partial charge in [-0.3, -0.25) is 9.78 Å². The van der Waals surface area contributed by atoms with Gasteiger partial charge in [0.2, 0.25) is 11.7 Å². The molecule has 1 aromatic carbocycles. The summed E-state index contributed by atoms with van der Waals surface area (Å²) in [4.78, 5) is 25.5. The van der Waals surface area contributed by atoms with E-state index in [-0.39, 0.29) is 23.1 Å². The number of rotatable bonds is 7. The highest BCUT2D eigenvalue weighted by molar-refractivity contribution is 6.36. The number of morpholine rings is 1. The number of aromatic nitrogens is 1. The molecular formula is C22H23FN6O3. The third-order valence-electron chi connectivity index (χ3n) is 4.44. The number of benzene rings is 1. The van der Waals surface area contributed by atoms with Gasteiger partial charge in [-0.2, -0.15) is 0 Å². The SMILES string of the molecule is C=C(/C(F)=C\N=C(N)N=CC(=O)c1ccc(Nc2cccc(O)c2)cn1)N1CCOCC1. The molecule has 1 aromatic heterocycles. The second-order valence-electron chi connectivity index (χ2n) is 6.74. The number of carbonyl (C=O) groups excluding carboxylic acids is 1. The molecule has 0 aliphatic carbocycles. The summed E-state index contributed by atoms with van der Waals surface area (Å²) in [6.45, 7) is 5.80. The first-order valence-corrected chi connectivity index (χ1v) is 9.74. The summed E-state index contributed by atoms with van der Waals surface area (Å²) in [5, 5.41) is 12.6. The zero-order chi connectivity index (χ0) is 22.9. The fraction of sp³-hybridized carbons (Fsp3) is 0.182. The number of anilines is 2. The number of Topliss-reactive ketones (excluding diaryl/α,β-unsaturated/α-hetero) is 1. The number of pyridine rings is 1. The van der Waals surface area contributed by atoms with E-state index in [0.717, 1.165) is 12.4 Å². The molecule has 1 saturated heterocycles. The van der Waals surface area contributed by atoms with Gasteiger partial charge in [0.1, 0.15) is 11.4 Å². The van der Waals surface area contributed by atoms with E-state index >= 15 is 0 Å². The number of phenolic OH excluding ortho intramolecular Hbond substituents is 1. The van der Waals surface area contributed by atoms with Crippen LogP contribution >= 0.6 is 0 Å². The van der Waals surface area contributed by atoms with Crippen LogP contribution in [0.3, 0.4) is 0 Å². The van der Waals surface area contributed by atoms with Gasteiger partial charge in [0.25, 0.3) is 0 Å². The fourth-order valence-electron chi connectivity index (χ4n) is 2.77. The van der Waals surface area contributed by atoms with Gasteiger partial charge in [-0.05, 0) is 24.3 Å². The molecule has 166 valence electrons. The van der Waals surface area contributed by atoms with E-state index in [1.54, 1.807) is 35.2 Å². The highest BCUT2D eigenvalue weighted by Gasteiger charge is 2.15. The number of phenols is 1. The van der Waals surface area contributed by atoms with E-state index in [2.05, 4.69) is 26.9 Å². The molecule has 3 rings (SSSR count). The maximum atomic E-state index is 14.2. The van der Waals surface area contributed by atoms with Gasteiger partial charge in [-0.25, -0.2) is 14.4 Å². The number of aliphatic imine (C=N–C) groups is 2. The predicted molar refractivity (Wildman–Crippen MR) is 121 cm³/mol. The summed E-state index contributed by atoms with van der Waals surface area (Å²) < 4.78 is 19.4. The van der Waals surface area contributed by atoms with Crippen molar-refractivity contribution in [2.24, 2.45) is 15.7 Å². The minimum atomic E-state index is -0.645. The molecule has 2 heterocycles. The third kappa shape index (κ3) is 6.47. The van der Waals surface area contributed by atoms with E-state index < -0.39 is 11.6 Å². The summed E-state index contributed by atoms with van der Waals surface area (Å²) in [6, 6.07) is 9.77. The molecule has 1 aliphatic rings. The van der Waals surface area contributed by atoms with Crippen LogP contribution in [0.15, 0.2) is 76.9 Å². The number of guanidine groups is 1. The van der Waals surface area contributed by atoms with Crippen LogP contribution in [-0.2, 0) is 4.74 Å². The van der Waals surface area contributed by atoms with Gasteiger partial charge < -0.3 is 25.8 Å². The van der Waals surface area contributed by atoms with Crippen LogP contribution in [0.25, 0.3) is 0 Å². The molecule has 0 spiro atoms. The lowest BCUT2D eigenvalue weighted by Gasteiger charge is -2.29. The molecule has 0 saturated carbocycles. The number of nitrogens with two attached hydrogens (primary N) is 1. The van der Waals surface area contributed by atoms with Gasteiger partial charge in [-0.1, -0.05) is 12.6 Å². The van der Waals surface area contributed by atoms with Crippen LogP contribution < -0.4 is 11.1 Å². The van der Waals surface area contributed by atoms with E-state index in [0.29, 0.717) is 37.7 Å². The maximum absolute atomic E-state index is 14.2. The lowest BCUT2D eigenvalue weighted by atomic mass is 10.2. The molecule has 10 heteroatoms. The topological polar surface area (TPSA) is 125 Å². The Hall–Kier alpha value is -4.05. The fourth-order valence-corrected chi connectivity index (χ4v) is 2.77. The highest BCUT2D eigenvalue weighted by atomic mass is 19.1. The molecule has 0 unspecified atom stereocenters. The van der Waals surface area contributed by atoms with Crippen LogP contribution in [0.4, 0.5) is 15.8 Å². The number of allylic oxidation sites excluding steroid dienone is 1. The molecule has 0 bridgehead atoms. The Bertz CT molecular complexity index is 1060. The number of hydrogen-bond donors (Lipinski definition) is 3. The van der Waals surface area contributed by atoms with Crippen LogP contribution in [0.2, 0.25) is 0 Å². The summed E-state index contributed by atoms with van der Waals surface area (Å²) in [7, 11) is 0. The Labute approximate surface area is 184 Å². The zero-order valence-corrected chi connectivity index (χ0v) is 17.2. The summed E-state index contributed by atoms with van der Waals surface area (Å²) in [6.07, 6.45) is 3.35. The molecule has 0 atom stereocenters. The summed E-state index contributed by atoms with van der Waals surface area (Å²) in [5.74, 6) is -1.29. The summed E-state index contributed by atoms with van der Waals surface area (Å²) >= 11 is 0. The predicted octanol–water partition coefficient (Wildman–Crippen LogP) is 2.76. The van der Waals surface area contributed by atoms with Gasteiger partial charge in [0.15, 0.2) is 5.83 Å². The van der Waals surface area contributed by atoms with Gasteiger partial charge >= 0.3 is 0 Å². The molecule has 1 fully saturated rings. The quantitative estimate of drug-likeness (QED) is 0.263. The second-order valence-corrected chi connectivity index (χ2v) is 6.74. The number of ether oxygens (including phenoxy) is 1. The first-order valence-electron chi connectivity index (χ1n) is 9.74. The van der Waals surface area contributed by atoms with Crippen molar-refractivity contribution in [2.75, 3.05) is 31.6 Å². The van der Waals surface area contributed by atoms with Crippen molar-refractivity contribution in [2.45, 2.75) is 0 Å². The smallest absolute Gasteiger partial charge is 0.222 e. The van der Waals surface area contributed by atoms with Crippen molar-refractivity contribution in [1.29, 1.82) is 0 Å². The Kier molecular flexibility index (Phi) is 7.65. The number of aromatic hydroxyl groups is 1. The average molecular weight is 438 g/mol. The maximum Gasteiger partial charge on any atom is 0.222 e. The van der Waals surface area contributed by atoms with Crippen LogP contribution in [0, 0.1) is 0 Å². The Morgan fingerprint density at radius 2 is 2.06 bits per heavy atom. The number of hydrogen-bond acceptors (Lipinski definition) is 7. The number of halogens is 1. The van der Waals surface area contributed by atoms with E-state index in [1.165, 1.54) is 12.3 Å². The number of carbonyl (C=O) groups is 1. The van der Waals surface area contributed by atoms with Crippen molar-refractivity contribution in [3.63, 3.8) is 0 Å². The highest BCUT2D eigenvalue weighted by Crippen LogP contribution is 2.20. The van der Waals surface area contributed by atoms with Gasteiger partial charge in [0.05, 0.1) is 43.2 Å². The lowest BCUT2D eigenvalue weighted by Crippen LogP contribution is -2.35. The second kappa shape index (κ2) is 10.8. The normalized spacial score (nSPS) is 15.1. The van der Waals surface area contributed by atoms with E-state index in [4.69, 9.17) is 10.5 Å². The van der Waals surface area contributed by atoms with Gasteiger partial charge in [0, 0.05) is 24.8 Å². The molecule has 32 heavy (non-hydrogen) atoms. The minimum absolute atomic E-state index is 0.130. The Balaban J connectivity index is 1.57. The Morgan fingerprint density at radius 1 is 1.28 bits per heavy atom. The van der Waals surface area contributed by atoms with E-state index in [9.17, 15) is 14.3 Å². The minimum Gasteiger partial charge on any atom is -0.508 e. The zero-order valence-electron chi connectivity index (χ0n) is 17.2. The molecule has 0 amide bonds. The molecule has 1 aliphatic heterocycles. The van der Waals surface area contributed by atoms with Crippen LogP contribution in [0.5, 0.6) is 5.75 Å². The van der Waals surface area contributed by atoms with Gasteiger partial charge in [-0.15, -0.1) is 0 Å². The molecule has 9 nitrogen and oxygen atoms in total. The standard InChI is InChI=1S/C22H23FN6O3/c1-15(29-7-9-32-10-8-29)19(23)13-26-22(24)27-14-21(31)20-6-5-17(12-25-20)28-16-3-2-4-18(30)11-16/h2-6,11-14,28,30H,1,7-10H2,(H2,24,26)/b19-13+,27-14?. The number of nitrogens with zero attached hydrogens (tertiary/aromatic N) is 4. The van der Waals surface area contributed by atoms with Crippen LogP contribution in [-0.4, -0.2) is 59.3 Å². The molecular weight excluding hydrogens is 415 g/mol. The third-order valence-corrected chi connectivity index (χ3v) is 4.44.